The van der Waals surface area contributed by atoms with Gasteiger partial charge in [0.2, 0.25) is 0 Å². The maximum atomic E-state index is 5.92. The van der Waals surface area contributed by atoms with Gasteiger partial charge < -0.3 is 0 Å². The Labute approximate surface area is 94.5 Å². The summed E-state index contributed by atoms with van der Waals surface area (Å²) < 4.78 is 1.85. The highest BCUT2D eigenvalue weighted by Gasteiger charge is 2.04. The Morgan fingerprint density at radius 3 is 2.73 bits per heavy atom. The molecule has 0 saturated carbocycles. The van der Waals surface area contributed by atoms with Crippen LogP contribution in [-0.4, -0.2) is 9.78 Å². The van der Waals surface area contributed by atoms with Crippen LogP contribution in [-0.2, 0) is 0 Å². The van der Waals surface area contributed by atoms with Gasteiger partial charge in [0.1, 0.15) is 0 Å². The zero-order valence-electron chi connectivity index (χ0n) is 8.81. The van der Waals surface area contributed by atoms with E-state index >= 15 is 0 Å². The second-order valence-electron chi connectivity index (χ2n) is 3.85. The highest BCUT2D eigenvalue weighted by molar-refractivity contribution is 6.30. The van der Waals surface area contributed by atoms with Gasteiger partial charge in [-0.05, 0) is 29.7 Å². The lowest BCUT2D eigenvalue weighted by Gasteiger charge is -2.01. The zero-order valence-corrected chi connectivity index (χ0v) is 9.57. The van der Waals surface area contributed by atoms with Gasteiger partial charge in [0.05, 0.1) is 11.9 Å². The van der Waals surface area contributed by atoms with E-state index < -0.39 is 0 Å². The first-order valence-electron chi connectivity index (χ1n) is 4.97. The molecule has 0 bridgehead atoms. The van der Waals surface area contributed by atoms with Crippen molar-refractivity contribution in [1.82, 2.24) is 9.78 Å². The topological polar surface area (TPSA) is 17.8 Å². The van der Waals surface area contributed by atoms with Gasteiger partial charge in [0, 0.05) is 11.2 Å². The molecule has 0 atom stereocenters. The summed E-state index contributed by atoms with van der Waals surface area (Å²) in [4.78, 5) is 0. The zero-order chi connectivity index (χ0) is 10.8. The van der Waals surface area contributed by atoms with Gasteiger partial charge in [-0.25, -0.2) is 4.68 Å². The van der Waals surface area contributed by atoms with E-state index in [1.54, 1.807) is 0 Å². The number of benzene rings is 1. The molecule has 1 aromatic carbocycles. The van der Waals surface area contributed by atoms with Crippen LogP contribution in [0.2, 0.25) is 5.02 Å². The number of aromatic nitrogens is 2. The van der Waals surface area contributed by atoms with E-state index in [9.17, 15) is 0 Å². The molecule has 2 nitrogen and oxygen atoms in total. The summed E-state index contributed by atoms with van der Waals surface area (Å²) in [6.45, 7) is 4.30. The predicted molar refractivity (Wildman–Crippen MR) is 62.7 cm³/mol. The minimum absolute atomic E-state index is 0.498. The molecule has 3 heteroatoms. The fraction of sp³-hybridized carbons (Fsp3) is 0.250. The highest BCUT2D eigenvalue weighted by atomic mass is 35.5. The molecule has 0 N–H and O–H groups in total. The molecule has 0 radical (unpaired) electrons. The van der Waals surface area contributed by atoms with Gasteiger partial charge in [-0.3, -0.25) is 0 Å². The highest BCUT2D eigenvalue weighted by Crippen LogP contribution is 2.17. The molecule has 78 valence electrons. The first-order valence-corrected chi connectivity index (χ1v) is 5.35. The average Bonchev–Trinajstić information content (AvgIpc) is 2.66. The largest absolute Gasteiger partial charge is 0.241 e. The lowest BCUT2D eigenvalue weighted by molar-refractivity contribution is 0.858. The fourth-order valence-corrected chi connectivity index (χ4v) is 1.58. The first kappa shape index (κ1) is 10.2. The number of nitrogens with zero attached hydrogens (tertiary/aromatic N) is 2. The van der Waals surface area contributed by atoms with Crippen LogP contribution in [0.1, 0.15) is 25.3 Å². The summed E-state index contributed by atoms with van der Waals surface area (Å²) in [7, 11) is 0. The van der Waals surface area contributed by atoms with Gasteiger partial charge in [-0.2, -0.15) is 5.10 Å². The fourth-order valence-electron chi connectivity index (χ4n) is 1.39. The monoisotopic (exact) mass is 220 g/mol. The Kier molecular flexibility index (Phi) is 2.78. The van der Waals surface area contributed by atoms with Crippen molar-refractivity contribution in [2.75, 3.05) is 0 Å². The maximum absolute atomic E-state index is 5.92. The third-order valence-corrected chi connectivity index (χ3v) is 2.58. The van der Waals surface area contributed by atoms with Crippen molar-refractivity contribution < 1.29 is 0 Å². The van der Waals surface area contributed by atoms with Gasteiger partial charge in [-0.1, -0.05) is 31.5 Å². The molecule has 2 aromatic rings. The van der Waals surface area contributed by atoms with Crippen LogP contribution in [0.15, 0.2) is 36.7 Å². The third-order valence-electron chi connectivity index (χ3n) is 2.34. The molecule has 0 amide bonds. The van der Waals surface area contributed by atoms with Crippen molar-refractivity contribution >= 4 is 11.6 Å². The van der Waals surface area contributed by atoms with Crippen LogP contribution in [0.25, 0.3) is 5.69 Å². The number of hydrogen-bond acceptors (Lipinski definition) is 1. The Morgan fingerprint density at radius 1 is 1.33 bits per heavy atom. The second kappa shape index (κ2) is 4.07. The van der Waals surface area contributed by atoms with Crippen LogP contribution in [0.4, 0.5) is 0 Å². The summed E-state index contributed by atoms with van der Waals surface area (Å²) in [5.41, 5.74) is 2.23. The molecule has 0 spiro atoms. The van der Waals surface area contributed by atoms with Crippen LogP contribution in [0.3, 0.4) is 0 Å². The van der Waals surface area contributed by atoms with Crippen molar-refractivity contribution in [1.29, 1.82) is 0 Å². The molecular formula is C12H13ClN2. The smallest absolute Gasteiger partial charge is 0.0660 e. The average molecular weight is 221 g/mol. The van der Waals surface area contributed by atoms with E-state index in [-0.39, 0.29) is 0 Å². The van der Waals surface area contributed by atoms with Crippen molar-refractivity contribution in [2.45, 2.75) is 19.8 Å². The normalized spacial score (nSPS) is 10.9. The molecule has 0 aliphatic rings. The third kappa shape index (κ3) is 2.21. The summed E-state index contributed by atoms with van der Waals surface area (Å²) >= 11 is 5.92. The molecule has 0 aliphatic carbocycles. The lowest BCUT2D eigenvalue weighted by atomic mass is 10.1. The standard InChI is InChI=1S/C12H13ClN2/c1-9(2)10-7-14-15(8-10)12-5-3-4-11(13)6-12/h3-9H,1-2H3. The second-order valence-corrected chi connectivity index (χ2v) is 4.29. The minimum atomic E-state index is 0.498. The van der Waals surface area contributed by atoms with E-state index in [0.717, 1.165) is 10.7 Å². The van der Waals surface area contributed by atoms with E-state index in [1.165, 1.54) is 5.56 Å². The molecule has 0 aliphatic heterocycles. The molecule has 15 heavy (non-hydrogen) atoms. The summed E-state index contributed by atoms with van der Waals surface area (Å²) in [5, 5.41) is 5.04. The quantitative estimate of drug-likeness (QED) is 0.756. The van der Waals surface area contributed by atoms with Gasteiger partial charge in [0.25, 0.3) is 0 Å². The van der Waals surface area contributed by atoms with Gasteiger partial charge in [-0.15, -0.1) is 0 Å². The molecule has 1 heterocycles. The molecule has 0 saturated heterocycles. The molecule has 0 fully saturated rings. The summed E-state index contributed by atoms with van der Waals surface area (Å²) in [6, 6.07) is 7.67. The van der Waals surface area contributed by atoms with Crippen LogP contribution >= 0.6 is 11.6 Å². The lowest BCUT2D eigenvalue weighted by Crippen LogP contribution is -1.93. The molecule has 2 rings (SSSR count). The van der Waals surface area contributed by atoms with E-state index in [1.807, 2.05) is 41.3 Å². The van der Waals surface area contributed by atoms with Crippen molar-refractivity contribution in [3.63, 3.8) is 0 Å². The SMILES string of the molecule is CC(C)c1cnn(-c2cccc(Cl)c2)c1. The summed E-state index contributed by atoms with van der Waals surface area (Å²) in [6.07, 6.45) is 3.93. The summed E-state index contributed by atoms with van der Waals surface area (Å²) in [5.74, 6) is 0.498. The van der Waals surface area contributed by atoms with Gasteiger partial charge >= 0.3 is 0 Å². The molecule has 0 unspecified atom stereocenters. The predicted octanol–water partition coefficient (Wildman–Crippen LogP) is 3.65. The Bertz CT molecular complexity index is 460. The van der Waals surface area contributed by atoms with Crippen molar-refractivity contribution in [3.8, 4) is 5.69 Å². The maximum Gasteiger partial charge on any atom is 0.0660 e. The van der Waals surface area contributed by atoms with Gasteiger partial charge in [0.15, 0.2) is 0 Å². The Balaban J connectivity index is 2.37. The van der Waals surface area contributed by atoms with Crippen LogP contribution in [0, 0.1) is 0 Å². The first-order chi connectivity index (χ1) is 7.16. The van der Waals surface area contributed by atoms with E-state index in [4.69, 9.17) is 11.6 Å². The van der Waals surface area contributed by atoms with Crippen molar-refractivity contribution in [3.05, 3.63) is 47.2 Å². The number of rotatable bonds is 2. The van der Waals surface area contributed by atoms with Crippen LogP contribution < -0.4 is 0 Å². The van der Waals surface area contributed by atoms with E-state index in [2.05, 4.69) is 18.9 Å². The Hall–Kier alpha value is -1.28. The van der Waals surface area contributed by atoms with Crippen LogP contribution in [0.5, 0.6) is 0 Å². The number of hydrogen-bond donors (Lipinski definition) is 0. The van der Waals surface area contributed by atoms with Crippen molar-refractivity contribution in [2.24, 2.45) is 0 Å². The Morgan fingerprint density at radius 2 is 2.13 bits per heavy atom. The molecular weight excluding hydrogens is 208 g/mol. The molecule has 1 aromatic heterocycles. The minimum Gasteiger partial charge on any atom is -0.241 e. The van der Waals surface area contributed by atoms with E-state index in [0.29, 0.717) is 5.92 Å². The number of halogens is 1.